The topological polar surface area (TPSA) is 13.1 Å². The van der Waals surface area contributed by atoms with Crippen LogP contribution in [0.25, 0.3) is 0 Å². The number of furan rings is 1. The first kappa shape index (κ1) is 12.0. The van der Waals surface area contributed by atoms with Crippen LogP contribution in [0, 0.1) is 0 Å². The molecule has 0 amide bonds. The van der Waals surface area contributed by atoms with E-state index in [2.05, 4.69) is 15.9 Å². The highest BCUT2D eigenvalue weighted by atomic mass is 79.9. The molecule has 2 rings (SSSR count). The van der Waals surface area contributed by atoms with Crippen molar-refractivity contribution < 1.29 is 4.42 Å². The first-order valence-electron chi connectivity index (χ1n) is 4.78. The molecule has 0 saturated heterocycles. The molecule has 1 aromatic carbocycles. The first-order chi connectivity index (χ1) is 7.66. The van der Waals surface area contributed by atoms with E-state index in [1.165, 1.54) is 0 Å². The molecule has 0 N–H and O–H groups in total. The van der Waals surface area contributed by atoms with E-state index in [4.69, 9.17) is 27.6 Å². The summed E-state index contributed by atoms with van der Waals surface area (Å²) in [5.74, 6) is 0. The Morgan fingerprint density at radius 3 is 2.75 bits per heavy atom. The molecule has 1 atom stereocenters. The largest absolute Gasteiger partial charge is 0.453 e. The maximum atomic E-state index is 6.28. The molecular formula is C12H9BrCl2O. The highest BCUT2D eigenvalue weighted by Gasteiger charge is 2.14. The van der Waals surface area contributed by atoms with Crippen LogP contribution in [0.1, 0.15) is 16.5 Å². The number of rotatable bonds is 3. The molecule has 0 aliphatic heterocycles. The Bertz CT molecular complexity index is 481. The van der Waals surface area contributed by atoms with Crippen molar-refractivity contribution in [1.29, 1.82) is 0 Å². The van der Waals surface area contributed by atoms with Crippen molar-refractivity contribution in [3.05, 3.63) is 57.4 Å². The second kappa shape index (κ2) is 5.26. The van der Waals surface area contributed by atoms with Crippen molar-refractivity contribution in [3.63, 3.8) is 0 Å². The maximum absolute atomic E-state index is 6.28. The average Bonchev–Trinajstić information content (AvgIpc) is 2.64. The van der Waals surface area contributed by atoms with Crippen LogP contribution in [0.5, 0.6) is 0 Å². The molecule has 0 aliphatic rings. The van der Waals surface area contributed by atoms with Gasteiger partial charge < -0.3 is 4.42 Å². The van der Waals surface area contributed by atoms with Gasteiger partial charge in [0, 0.05) is 10.0 Å². The smallest absolute Gasteiger partial charge is 0.197 e. The highest BCUT2D eigenvalue weighted by molar-refractivity contribution is 9.10. The molecule has 16 heavy (non-hydrogen) atoms. The Balaban J connectivity index is 2.14. The summed E-state index contributed by atoms with van der Waals surface area (Å²) in [7, 11) is 0. The van der Waals surface area contributed by atoms with Gasteiger partial charge in [-0.3, -0.25) is 0 Å². The van der Waals surface area contributed by atoms with Crippen LogP contribution < -0.4 is 0 Å². The number of hydrogen-bond acceptors (Lipinski definition) is 1. The zero-order chi connectivity index (χ0) is 11.5. The van der Waals surface area contributed by atoms with E-state index in [0.717, 1.165) is 22.0 Å². The van der Waals surface area contributed by atoms with Crippen LogP contribution in [-0.2, 0) is 6.42 Å². The Hall–Kier alpha value is -0.440. The Kier molecular flexibility index (Phi) is 3.95. The van der Waals surface area contributed by atoms with Crippen LogP contribution in [-0.4, -0.2) is 0 Å². The van der Waals surface area contributed by atoms with Gasteiger partial charge in [0.1, 0.15) is 0 Å². The van der Waals surface area contributed by atoms with Crippen molar-refractivity contribution in [3.8, 4) is 0 Å². The summed E-state index contributed by atoms with van der Waals surface area (Å²) in [5, 5.41) is 0.204. The standard InChI is InChI=1S/C12H9BrCl2O/c13-9-3-1-2-8(6-9)7-11(14)10-4-5-16-12(10)15/h1-6,11H,7H2. The van der Waals surface area contributed by atoms with Gasteiger partial charge in [-0.05, 0) is 41.8 Å². The molecule has 0 spiro atoms. The predicted molar refractivity (Wildman–Crippen MR) is 70.2 cm³/mol. The SMILES string of the molecule is Clc1occc1C(Cl)Cc1cccc(Br)c1. The molecule has 0 saturated carbocycles. The van der Waals surface area contributed by atoms with Crippen molar-refractivity contribution >= 4 is 39.1 Å². The minimum absolute atomic E-state index is 0.166. The van der Waals surface area contributed by atoms with Gasteiger partial charge in [0.2, 0.25) is 0 Å². The first-order valence-corrected chi connectivity index (χ1v) is 6.39. The van der Waals surface area contributed by atoms with Gasteiger partial charge >= 0.3 is 0 Å². The van der Waals surface area contributed by atoms with E-state index in [0.29, 0.717) is 5.22 Å². The van der Waals surface area contributed by atoms with E-state index in [1.807, 2.05) is 24.3 Å². The Morgan fingerprint density at radius 1 is 1.31 bits per heavy atom. The zero-order valence-corrected chi connectivity index (χ0v) is 11.4. The van der Waals surface area contributed by atoms with Crippen LogP contribution in [0.15, 0.2) is 45.5 Å². The highest BCUT2D eigenvalue weighted by Crippen LogP contribution is 2.31. The molecule has 0 aliphatic carbocycles. The van der Waals surface area contributed by atoms with E-state index in [9.17, 15) is 0 Å². The van der Waals surface area contributed by atoms with Crippen molar-refractivity contribution in [1.82, 2.24) is 0 Å². The lowest BCUT2D eigenvalue weighted by molar-refractivity contribution is 0.565. The summed E-state index contributed by atoms with van der Waals surface area (Å²) >= 11 is 15.6. The van der Waals surface area contributed by atoms with Crippen molar-refractivity contribution in [2.24, 2.45) is 0 Å². The van der Waals surface area contributed by atoms with Crippen LogP contribution >= 0.6 is 39.1 Å². The lowest BCUT2D eigenvalue weighted by Crippen LogP contribution is -1.94. The molecule has 1 nitrogen and oxygen atoms in total. The summed E-state index contributed by atoms with van der Waals surface area (Å²) in [6.45, 7) is 0. The quantitative estimate of drug-likeness (QED) is 0.707. The van der Waals surface area contributed by atoms with Gasteiger partial charge in [0.05, 0.1) is 11.6 Å². The van der Waals surface area contributed by atoms with E-state index >= 15 is 0 Å². The van der Waals surface area contributed by atoms with Crippen LogP contribution in [0.3, 0.4) is 0 Å². The molecule has 0 bridgehead atoms. The van der Waals surface area contributed by atoms with Gasteiger partial charge in [-0.2, -0.15) is 0 Å². The fourth-order valence-electron chi connectivity index (χ4n) is 1.51. The van der Waals surface area contributed by atoms with Gasteiger partial charge in [0.25, 0.3) is 0 Å². The van der Waals surface area contributed by atoms with E-state index in [-0.39, 0.29) is 5.38 Å². The lowest BCUT2D eigenvalue weighted by Gasteiger charge is -2.08. The summed E-state index contributed by atoms with van der Waals surface area (Å²) in [5.41, 5.74) is 2.00. The monoisotopic (exact) mass is 318 g/mol. The number of halogens is 3. The molecule has 84 valence electrons. The second-order valence-electron chi connectivity index (χ2n) is 3.45. The van der Waals surface area contributed by atoms with Crippen molar-refractivity contribution in [2.75, 3.05) is 0 Å². The zero-order valence-electron chi connectivity index (χ0n) is 8.29. The molecule has 0 fully saturated rings. The van der Waals surface area contributed by atoms with Gasteiger partial charge in [-0.25, -0.2) is 0 Å². The van der Waals surface area contributed by atoms with Gasteiger partial charge in [0.15, 0.2) is 5.22 Å². The molecule has 1 aromatic heterocycles. The van der Waals surface area contributed by atoms with Crippen LogP contribution in [0.2, 0.25) is 5.22 Å². The molecule has 2 aromatic rings. The fraction of sp³-hybridized carbons (Fsp3) is 0.167. The minimum Gasteiger partial charge on any atom is -0.453 e. The normalized spacial score (nSPS) is 12.7. The second-order valence-corrected chi connectivity index (χ2v) is 5.24. The maximum Gasteiger partial charge on any atom is 0.197 e. The third-order valence-electron chi connectivity index (χ3n) is 2.29. The number of alkyl halides is 1. The molecule has 0 radical (unpaired) electrons. The van der Waals surface area contributed by atoms with Crippen molar-refractivity contribution in [2.45, 2.75) is 11.8 Å². The summed E-state index contributed by atoms with van der Waals surface area (Å²) in [6.07, 6.45) is 2.27. The predicted octanol–water partition coefficient (Wildman–Crippen LogP) is 5.22. The van der Waals surface area contributed by atoms with E-state index in [1.54, 1.807) is 12.3 Å². The summed E-state index contributed by atoms with van der Waals surface area (Å²) in [6, 6.07) is 9.85. The third kappa shape index (κ3) is 2.82. The van der Waals surface area contributed by atoms with E-state index < -0.39 is 0 Å². The van der Waals surface area contributed by atoms with Gasteiger partial charge in [-0.1, -0.05) is 28.1 Å². The van der Waals surface area contributed by atoms with Crippen LogP contribution in [0.4, 0.5) is 0 Å². The molecular weight excluding hydrogens is 311 g/mol. The minimum atomic E-state index is -0.166. The molecule has 1 unspecified atom stereocenters. The lowest BCUT2D eigenvalue weighted by atomic mass is 10.1. The Morgan fingerprint density at radius 2 is 2.12 bits per heavy atom. The molecule has 4 heteroatoms. The number of benzene rings is 1. The average molecular weight is 320 g/mol. The molecule has 1 heterocycles. The fourth-order valence-corrected chi connectivity index (χ4v) is 2.61. The third-order valence-corrected chi connectivity index (χ3v) is 3.48. The number of hydrogen-bond donors (Lipinski definition) is 0. The summed E-state index contributed by atoms with van der Waals surface area (Å²) < 4.78 is 6.07. The summed E-state index contributed by atoms with van der Waals surface area (Å²) in [4.78, 5) is 0. The van der Waals surface area contributed by atoms with Gasteiger partial charge in [-0.15, -0.1) is 11.6 Å². The Labute approximate surface area is 112 Å².